The van der Waals surface area contributed by atoms with E-state index in [2.05, 4.69) is 73.0 Å². The Bertz CT molecular complexity index is 699. The van der Waals surface area contributed by atoms with E-state index in [1.54, 1.807) is 0 Å². The van der Waals surface area contributed by atoms with Crippen molar-refractivity contribution in [2.45, 2.75) is 99.2 Å². The Kier molecular flexibility index (Phi) is 14.7. The molecule has 31 heavy (non-hydrogen) atoms. The van der Waals surface area contributed by atoms with Gasteiger partial charge in [0.15, 0.2) is 0 Å². The van der Waals surface area contributed by atoms with E-state index >= 15 is 0 Å². The Labute approximate surface area is 198 Å². The molecule has 1 unspecified atom stereocenters. The summed E-state index contributed by atoms with van der Waals surface area (Å²) in [5.74, 6) is 6.97. The molecule has 0 fully saturated rings. The average molecular weight is 498 g/mol. The van der Waals surface area contributed by atoms with Crippen LogP contribution in [-0.2, 0) is 4.79 Å². The summed E-state index contributed by atoms with van der Waals surface area (Å²) >= 11 is 3.24. The summed E-state index contributed by atoms with van der Waals surface area (Å²) in [5, 5.41) is 6.36. The molecule has 0 radical (unpaired) electrons. The number of unbranched alkanes of at least 4 members (excludes halogenated alkanes) is 1. The molecular weight excluding hydrogens is 455 g/mol. The summed E-state index contributed by atoms with van der Waals surface area (Å²) in [7, 11) is 0. The number of aryl methyl sites for hydroxylation is 1. The summed E-state index contributed by atoms with van der Waals surface area (Å²) in [5.41, 5.74) is 1.07. The zero-order valence-corrected chi connectivity index (χ0v) is 22.2. The van der Waals surface area contributed by atoms with Crippen LogP contribution in [-0.4, -0.2) is 18.1 Å². The Morgan fingerprint density at radius 2 is 1.84 bits per heavy atom. The molecular formula is C26H42BrFN2O. The molecule has 3 nitrogen and oxygen atoms in total. The van der Waals surface area contributed by atoms with Crippen molar-refractivity contribution in [1.82, 2.24) is 10.6 Å². The second kappa shape index (κ2) is 15.4. The Morgan fingerprint density at radius 3 is 2.32 bits per heavy atom. The topological polar surface area (TPSA) is 41.1 Å². The number of halogens is 2. The summed E-state index contributed by atoms with van der Waals surface area (Å²) in [6, 6.07) is 3.79. The van der Waals surface area contributed by atoms with Crippen molar-refractivity contribution in [2.75, 3.05) is 0 Å². The van der Waals surface area contributed by atoms with Crippen LogP contribution < -0.4 is 10.6 Å². The number of hydrogen-bond donors (Lipinski definition) is 2. The first-order valence-corrected chi connectivity index (χ1v) is 12.2. The minimum atomic E-state index is -0.321. The van der Waals surface area contributed by atoms with Crippen molar-refractivity contribution < 1.29 is 9.18 Å². The minimum absolute atomic E-state index is 0.250. The zero-order chi connectivity index (χ0) is 24.0. The first-order chi connectivity index (χ1) is 14.5. The molecule has 176 valence electrons. The molecule has 5 heteroatoms. The van der Waals surface area contributed by atoms with Gasteiger partial charge in [0.2, 0.25) is 6.41 Å². The third-order valence-corrected chi connectivity index (χ3v) is 5.71. The van der Waals surface area contributed by atoms with Crippen LogP contribution in [0, 0.1) is 36.4 Å². The van der Waals surface area contributed by atoms with Crippen LogP contribution in [0.4, 0.5) is 4.39 Å². The molecule has 1 aromatic rings. The first kappa shape index (κ1) is 29.6. The molecule has 0 saturated heterocycles. The van der Waals surface area contributed by atoms with E-state index in [1.165, 1.54) is 12.5 Å². The fourth-order valence-electron chi connectivity index (χ4n) is 3.15. The van der Waals surface area contributed by atoms with E-state index in [-0.39, 0.29) is 11.5 Å². The molecule has 0 bridgehead atoms. The second-order valence-electron chi connectivity index (χ2n) is 9.11. The van der Waals surface area contributed by atoms with Gasteiger partial charge in [-0.15, -0.1) is 0 Å². The summed E-state index contributed by atoms with van der Waals surface area (Å²) < 4.78 is 14.2. The van der Waals surface area contributed by atoms with E-state index in [9.17, 15) is 9.18 Å². The van der Waals surface area contributed by atoms with E-state index < -0.39 is 0 Å². The van der Waals surface area contributed by atoms with Crippen LogP contribution in [0.3, 0.4) is 0 Å². The lowest BCUT2D eigenvalue weighted by atomic mass is 9.89. The lowest BCUT2D eigenvalue weighted by Gasteiger charge is -2.33. The van der Waals surface area contributed by atoms with Gasteiger partial charge in [-0.3, -0.25) is 10.1 Å². The molecule has 2 atom stereocenters. The highest BCUT2D eigenvalue weighted by Gasteiger charge is 2.22. The van der Waals surface area contributed by atoms with E-state index in [0.717, 1.165) is 42.1 Å². The van der Waals surface area contributed by atoms with Gasteiger partial charge >= 0.3 is 0 Å². The highest BCUT2D eigenvalue weighted by molar-refractivity contribution is 9.10. The maximum Gasteiger partial charge on any atom is 0.208 e. The van der Waals surface area contributed by atoms with Crippen molar-refractivity contribution in [3.05, 3.63) is 33.5 Å². The van der Waals surface area contributed by atoms with E-state index in [0.29, 0.717) is 23.4 Å². The summed E-state index contributed by atoms with van der Waals surface area (Å²) in [6.45, 7) is 17.0. The Hall–Kier alpha value is -1.38. The lowest BCUT2D eigenvalue weighted by Crippen LogP contribution is -2.55. The highest BCUT2D eigenvalue weighted by Crippen LogP contribution is 2.20. The average Bonchev–Trinajstić information content (AvgIpc) is 2.64. The molecule has 1 aromatic carbocycles. The van der Waals surface area contributed by atoms with Gasteiger partial charge in [-0.1, -0.05) is 68.8 Å². The van der Waals surface area contributed by atoms with Gasteiger partial charge in [0.1, 0.15) is 5.82 Å². The van der Waals surface area contributed by atoms with Gasteiger partial charge in [-0.25, -0.2) is 4.39 Å². The SMILES string of the molecule is CCCC#Cc1c(C)cc(Br)cc1F.CCCC(C[C@H](C)C(C)C)NC(C)(C)NC=O. The van der Waals surface area contributed by atoms with Crippen molar-refractivity contribution >= 4 is 22.3 Å². The molecule has 0 saturated carbocycles. The van der Waals surface area contributed by atoms with Crippen LogP contribution in [0.5, 0.6) is 0 Å². The molecule has 2 N–H and O–H groups in total. The second-order valence-corrected chi connectivity index (χ2v) is 10.0. The lowest BCUT2D eigenvalue weighted by molar-refractivity contribution is -0.111. The normalized spacial score (nSPS) is 12.9. The first-order valence-electron chi connectivity index (χ1n) is 11.4. The highest BCUT2D eigenvalue weighted by atomic mass is 79.9. The molecule has 1 rings (SSSR count). The zero-order valence-electron chi connectivity index (χ0n) is 20.7. The standard InChI is InChI=1S/C14H30N2O.C12H12BrF/c1-7-8-13(9-12(4)11(2)3)16-14(5,6)15-10-17;1-3-4-5-6-11-9(2)7-10(13)8-12(11)14/h10-13,16H,7-9H2,1-6H3,(H,15,17);7-8H,3-4H2,1-2H3/t12-,13?;/m0./s1. The summed E-state index contributed by atoms with van der Waals surface area (Å²) in [6.07, 6.45) is 6.07. The molecule has 1 amide bonds. The van der Waals surface area contributed by atoms with E-state index in [4.69, 9.17) is 0 Å². The van der Waals surface area contributed by atoms with Gasteiger partial charge < -0.3 is 5.32 Å². The third-order valence-electron chi connectivity index (χ3n) is 5.26. The van der Waals surface area contributed by atoms with Gasteiger partial charge in [0.05, 0.1) is 11.2 Å². The number of hydrogen-bond acceptors (Lipinski definition) is 2. The van der Waals surface area contributed by atoms with Crippen LogP contribution >= 0.6 is 15.9 Å². The summed E-state index contributed by atoms with van der Waals surface area (Å²) in [4.78, 5) is 10.5. The molecule has 0 aliphatic rings. The third kappa shape index (κ3) is 12.9. The Morgan fingerprint density at radius 1 is 1.19 bits per heavy atom. The quantitative estimate of drug-likeness (QED) is 0.209. The maximum atomic E-state index is 13.4. The van der Waals surface area contributed by atoms with Crippen molar-refractivity contribution in [3.63, 3.8) is 0 Å². The molecule has 0 aliphatic heterocycles. The van der Waals surface area contributed by atoms with Crippen molar-refractivity contribution in [2.24, 2.45) is 11.8 Å². The van der Waals surface area contributed by atoms with Gasteiger partial charge in [0.25, 0.3) is 0 Å². The molecule has 0 heterocycles. The van der Waals surface area contributed by atoms with Gasteiger partial charge in [-0.05, 0) is 69.6 Å². The maximum absolute atomic E-state index is 13.4. The predicted octanol–water partition coefficient (Wildman–Crippen LogP) is 6.96. The smallest absolute Gasteiger partial charge is 0.208 e. The van der Waals surface area contributed by atoms with Crippen LogP contribution in [0.15, 0.2) is 16.6 Å². The Balaban J connectivity index is 0.000000590. The number of carbonyl (C=O) groups is 1. The number of nitrogens with one attached hydrogen (secondary N) is 2. The monoisotopic (exact) mass is 496 g/mol. The van der Waals surface area contributed by atoms with Crippen molar-refractivity contribution in [3.8, 4) is 11.8 Å². The van der Waals surface area contributed by atoms with Crippen LogP contribution in [0.25, 0.3) is 0 Å². The molecule has 0 spiro atoms. The van der Waals surface area contributed by atoms with Crippen molar-refractivity contribution in [1.29, 1.82) is 0 Å². The minimum Gasteiger partial charge on any atom is -0.341 e. The van der Waals surface area contributed by atoms with Gasteiger partial charge in [-0.2, -0.15) is 0 Å². The van der Waals surface area contributed by atoms with Crippen LogP contribution in [0.1, 0.15) is 91.7 Å². The fourth-order valence-corrected chi connectivity index (χ4v) is 3.70. The predicted molar refractivity (Wildman–Crippen MR) is 134 cm³/mol. The number of carbonyl (C=O) groups excluding carboxylic acids is 1. The van der Waals surface area contributed by atoms with Gasteiger partial charge in [0, 0.05) is 16.9 Å². The number of benzene rings is 1. The number of rotatable bonds is 10. The number of amides is 1. The van der Waals surface area contributed by atoms with E-state index in [1.807, 2.05) is 26.8 Å². The largest absolute Gasteiger partial charge is 0.341 e. The molecule has 0 aliphatic carbocycles. The molecule has 0 aromatic heterocycles. The van der Waals surface area contributed by atoms with Crippen LogP contribution in [0.2, 0.25) is 0 Å². The fraction of sp³-hybridized carbons (Fsp3) is 0.654.